The Morgan fingerprint density at radius 2 is 2.05 bits per heavy atom. The van der Waals surface area contributed by atoms with Crippen LogP contribution in [0.4, 0.5) is 0 Å². The molecule has 1 amide bonds. The van der Waals surface area contributed by atoms with Crippen LogP contribution >= 0.6 is 31.9 Å². The van der Waals surface area contributed by atoms with E-state index in [0.717, 1.165) is 60.1 Å². The SMILES string of the molecule is Cc1ccc(C(=O)N2CCCN(CCBr)CC2)c(Br)c1. The lowest BCUT2D eigenvalue weighted by Crippen LogP contribution is -2.35. The molecule has 110 valence electrons. The Morgan fingerprint density at radius 3 is 2.75 bits per heavy atom. The molecule has 1 aromatic carbocycles. The van der Waals surface area contributed by atoms with E-state index in [-0.39, 0.29) is 5.91 Å². The van der Waals surface area contributed by atoms with Crippen LogP contribution in [-0.2, 0) is 0 Å². The van der Waals surface area contributed by atoms with Gasteiger partial charge in [0.25, 0.3) is 5.91 Å². The van der Waals surface area contributed by atoms with Crippen LogP contribution in [0.25, 0.3) is 0 Å². The van der Waals surface area contributed by atoms with Crippen molar-refractivity contribution in [3.05, 3.63) is 33.8 Å². The minimum atomic E-state index is 0.137. The molecule has 1 saturated heterocycles. The molecule has 0 saturated carbocycles. The molecule has 20 heavy (non-hydrogen) atoms. The zero-order chi connectivity index (χ0) is 14.5. The molecular weight excluding hydrogens is 384 g/mol. The number of rotatable bonds is 3. The molecule has 0 N–H and O–H groups in total. The maximum Gasteiger partial charge on any atom is 0.255 e. The molecule has 1 heterocycles. The summed E-state index contributed by atoms with van der Waals surface area (Å²) in [7, 11) is 0. The van der Waals surface area contributed by atoms with Gasteiger partial charge in [0.2, 0.25) is 0 Å². The smallest absolute Gasteiger partial charge is 0.255 e. The molecule has 0 bridgehead atoms. The first-order chi connectivity index (χ1) is 9.61. The maximum atomic E-state index is 12.6. The summed E-state index contributed by atoms with van der Waals surface area (Å²) in [5, 5.41) is 0.991. The van der Waals surface area contributed by atoms with Crippen LogP contribution < -0.4 is 0 Å². The van der Waals surface area contributed by atoms with E-state index < -0.39 is 0 Å². The molecule has 1 aliphatic rings. The lowest BCUT2D eigenvalue weighted by Gasteiger charge is -2.22. The van der Waals surface area contributed by atoms with Gasteiger partial charge in [-0.1, -0.05) is 22.0 Å². The van der Waals surface area contributed by atoms with Crippen molar-refractivity contribution in [1.29, 1.82) is 0 Å². The zero-order valence-corrected chi connectivity index (χ0v) is 14.9. The van der Waals surface area contributed by atoms with Crippen molar-refractivity contribution in [3.63, 3.8) is 0 Å². The molecule has 0 atom stereocenters. The summed E-state index contributed by atoms with van der Waals surface area (Å²) >= 11 is 6.99. The lowest BCUT2D eigenvalue weighted by molar-refractivity contribution is 0.0761. The number of carbonyl (C=O) groups is 1. The van der Waals surface area contributed by atoms with E-state index >= 15 is 0 Å². The fourth-order valence-corrected chi connectivity index (χ4v) is 3.65. The first kappa shape index (κ1) is 16.0. The predicted octanol–water partition coefficient (Wildman–Crippen LogP) is 3.30. The summed E-state index contributed by atoms with van der Waals surface area (Å²) in [4.78, 5) is 17.0. The standard InChI is InChI=1S/C15H20Br2N2O/c1-12-3-4-13(14(17)11-12)15(20)19-7-2-6-18(8-5-16)9-10-19/h3-4,11H,2,5-10H2,1H3. The Bertz CT molecular complexity index is 479. The number of hydrogen-bond acceptors (Lipinski definition) is 2. The summed E-state index contributed by atoms with van der Waals surface area (Å²) in [5.41, 5.74) is 1.93. The van der Waals surface area contributed by atoms with Gasteiger partial charge >= 0.3 is 0 Å². The highest BCUT2D eigenvalue weighted by Gasteiger charge is 2.21. The number of benzene rings is 1. The fourth-order valence-electron chi connectivity index (χ4n) is 2.48. The predicted molar refractivity (Wildman–Crippen MR) is 89.6 cm³/mol. The molecule has 3 nitrogen and oxygen atoms in total. The number of nitrogens with zero attached hydrogens (tertiary/aromatic N) is 2. The molecule has 0 aromatic heterocycles. The fraction of sp³-hybridized carbons (Fsp3) is 0.533. The molecule has 0 spiro atoms. The second-order valence-electron chi connectivity index (χ2n) is 5.16. The molecular formula is C15H20Br2N2O. The Hall–Kier alpha value is -0.390. The highest BCUT2D eigenvalue weighted by molar-refractivity contribution is 9.10. The van der Waals surface area contributed by atoms with Gasteiger partial charge in [0.1, 0.15) is 0 Å². The van der Waals surface area contributed by atoms with E-state index in [9.17, 15) is 4.79 Å². The molecule has 1 aliphatic heterocycles. The summed E-state index contributed by atoms with van der Waals surface area (Å²) in [5.74, 6) is 0.137. The third kappa shape index (κ3) is 4.06. The Morgan fingerprint density at radius 1 is 1.25 bits per heavy atom. The lowest BCUT2D eigenvalue weighted by atomic mass is 10.1. The van der Waals surface area contributed by atoms with Gasteiger partial charge in [-0.3, -0.25) is 4.79 Å². The molecule has 0 radical (unpaired) electrons. The highest BCUT2D eigenvalue weighted by atomic mass is 79.9. The number of alkyl halides is 1. The number of amides is 1. The highest BCUT2D eigenvalue weighted by Crippen LogP contribution is 2.20. The van der Waals surface area contributed by atoms with Crippen LogP contribution in [0.15, 0.2) is 22.7 Å². The van der Waals surface area contributed by atoms with Crippen molar-refractivity contribution < 1.29 is 4.79 Å². The van der Waals surface area contributed by atoms with Gasteiger partial charge in [0.05, 0.1) is 5.56 Å². The van der Waals surface area contributed by atoms with Crippen LogP contribution in [0.1, 0.15) is 22.3 Å². The van der Waals surface area contributed by atoms with Gasteiger partial charge in [0.15, 0.2) is 0 Å². The quantitative estimate of drug-likeness (QED) is 0.723. The van der Waals surface area contributed by atoms with E-state index in [2.05, 4.69) is 36.8 Å². The molecule has 5 heteroatoms. The van der Waals surface area contributed by atoms with E-state index in [0.29, 0.717) is 0 Å². The molecule has 0 aliphatic carbocycles. The van der Waals surface area contributed by atoms with Crippen molar-refractivity contribution in [2.45, 2.75) is 13.3 Å². The Labute approximate surface area is 137 Å². The largest absolute Gasteiger partial charge is 0.337 e. The van der Waals surface area contributed by atoms with E-state index in [1.165, 1.54) is 0 Å². The second-order valence-corrected chi connectivity index (χ2v) is 6.81. The summed E-state index contributed by atoms with van der Waals surface area (Å²) in [6, 6.07) is 5.91. The van der Waals surface area contributed by atoms with Crippen molar-refractivity contribution in [2.75, 3.05) is 38.1 Å². The maximum absolute atomic E-state index is 12.6. The zero-order valence-electron chi connectivity index (χ0n) is 11.7. The normalized spacial score (nSPS) is 17.1. The van der Waals surface area contributed by atoms with Crippen LogP contribution in [0.3, 0.4) is 0 Å². The third-order valence-corrected chi connectivity index (χ3v) is 4.64. The van der Waals surface area contributed by atoms with E-state index in [4.69, 9.17) is 0 Å². The molecule has 2 rings (SSSR count). The average Bonchev–Trinajstić information content (AvgIpc) is 2.64. The van der Waals surface area contributed by atoms with Crippen LogP contribution in [0.5, 0.6) is 0 Å². The van der Waals surface area contributed by atoms with Crippen molar-refractivity contribution in [3.8, 4) is 0 Å². The molecule has 1 fully saturated rings. The number of hydrogen-bond donors (Lipinski definition) is 0. The average molecular weight is 404 g/mol. The monoisotopic (exact) mass is 402 g/mol. The van der Waals surface area contributed by atoms with E-state index in [1.807, 2.05) is 30.0 Å². The van der Waals surface area contributed by atoms with Gasteiger partial charge in [0, 0.05) is 36.0 Å². The van der Waals surface area contributed by atoms with Crippen molar-refractivity contribution in [2.24, 2.45) is 0 Å². The molecule has 1 aromatic rings. The number of aryl methyl sites for hydroxylation is 1. The first-order valence-corrected chi connectivity index (χ1v) is 8.87. The van der Waals surface area contributed by atoms with Gasteiger partial charge in [-0.05, 0) is 53.5 Å². The van der Waals surface area contributed by atoms with Crippen LogP contribution in [0.2, 0.25) is 0 Å². The topological polar surface area (TPSA) is 23.6 Å². The van der Waals surface area contributed by atoms with Gasteiger partial charge < -0.3 is 9.80 Å². The van der Waals surface area contributed by atoms with Gasteiger partial charge in [-0.25, -0.2) is 0 Å². The Kier molecular flexibility index (Phi) is 6.05. The minimum absolute atomic E-state index is 0.137. The van der Waals surface area contributed by atoms with Gasteiger partial charge in [-0.2, -0.15) is 0 Å². The van der Waals surface area contributed by atoms with Crippen molar-refractivity contribution >= 4 is 37.8 Å². The van der Waals surface area contributed by atoms with Crippen LogP contribution in [-0.4, -0.2) is 53.8 Å². The number of carbonyl (C=O) groups excluding carboxylic acids is 1. The molecule has 0 unspecified atom stereocenters. The number of halogens is 2. The van der Waals surface area contributed by atoms with Crippen LogP contribution in [0, 0.1) is 6.92 Å². The van der Waals surface area contributed by atoms with E-state index in [1.54, 1.807) is 0 Å². The minimum Gasteiger partial charge on any atom is -0.337 e. The Balaban J connectivity index is 2.05. The summed E-state index contributed by atoms with van der Waals surface area (Å²) in [6.07, 6.45) is 1.04. The summed E-state index contributed by atoms with van der Waals surface area (Å²) in [6.45, 7) is 6.77. The first-order valence-electron chi connectivity index (χ1n) is 6.95. The van der Waals surface area contributed by atoms with Gasteiger partial charge in [-0.15, -0.1) is 0 Å². The summed E-state index contributed by atoms with van der Waals surface area (Å²) < 4.78 is 0.893. The van der Waals surface area contributed by atoms with Crippen molar-refractivity contribution in [1.82, 2.24) is 9.80 Å². The second kappa shape index (κ2) is 7.57. The third-order valence-electron chi connectivity index (χ3n) is 3.63.